The fraction of sp³-hybridized carbons (Fsp3) is 0.273. The molecular weight excluding hydrogens is 309 g/mol. The zero-order chi connectivity index (χ0) is 15.1. The maximum Gasteiger partial charge on any atom is 0.440 e. The van der Waals surface area contributed by atoms with Gasteiger partial charge in [0, 0.05) is 11.6 Å². The summed E-state index contributed by atoms with van der Waals surface area (Å²) in [4.78, 5) is 15.2. The Morgan fingerprint density at radius 1 is 1.25 bits per heavy atom. The Hall–Kier alpha value is -1.70. The second kappa shape index (κ2) is 4.69. The van der Waals surface area contributed by atoms with Gasteiger partial charge >= 0.3 is 11.8 Å². The molecule has 0 fully saturated rings. The third kappa shape index (κ3) is 2.35. The highest BCUT2D eigenvalue weighted by Gasteiger charge is 2.66. The van der Waals surface area contributed by atoms with Gasteiger partial charge in [-0.1, -0.05) is 5.16 Å². The number of halogens is 6. The van der Waals surface area contributed by atoms with Crippen molar-refractivity contribution in [2.45, 2.75) is 18.2 Å². The van der Waals surface area contributed by atoms with Crippen molar-refractivity contribution in [1.29, 1.82) is 0 Å². The molecule has 0 aromatic heterocycles. The van der Waals surface area contributed by atoms with Crippen molar-refractivity contribution < 1.29 is 31.6 Å². The van der Waals surface area contributed by atoms with Gasteiger partial charge in [0.1, 0.15) is 11.6 Å². The van der Waals surface area contributed by atoms with E-state index < -0.39 is 40.8 Å². The summed E-state index contributed by atoms with van der Waals surface area (Å²) in [6.07, 6.45) is -6.16. The van der Waals surface area contributed by atoms with Crippen molar-refractivity contribution in [3.63, 3.8) is 0 Å². The van der Waals surface area contributed by atoms with Gasteiger partial charge in [-0.3, -0.25) is 4.79 Å². The van der Waals surface area contributed by atoms with Gasteiger partial charge in [-0.25, -0.2) is 8.78 Å². The molecule has 0 bridgehead atoms. The van der Waals surface area contributed by atoms with E-state index in [4.69, 9.17) is 11.6 Å². The molecule has 0 N–H and O–H groups in total. The van der Waals surface area contributed by atoms with Gasteiger partial charge in [-0.05, 0) is 23.7 Å². The van der Waals surface area contributed by atoms with E-state index in [0.29, 0.717) is 6.07 Å². The van der Waals surface area contributed by atoms with Gasteiger partial charge in [-0.2, -0.15) is 13.2 Å². The van der Waals surface area contributed by atoms with Gasteiger partial charge < -0.3 is 4.84 Å². The molecule has 1 aromatic carbocycles. The molecule has 0 radical (unpaired) electrons. The first-order valence-corrected chi connectivity index (χ1v) is 5.52. The van der Waals surface area contributed by atoms with Crippen LogP contribution in [0.3, 0.4) is 0 Å². The van der Waals surface area contributed by atoms with Gasteiger partial charge in [0.25, 0.3) is 5.24 Å². The highest BCUT2D eigenvalue weighted by Crippen LogP contribution is 2.42. The van der Waals surface area contributed by atoms with Crippen LogP contribution < -0.4 is 0 Å². The summed E-state index contributed by atoms with van der Waals surface area (Å²) in [5.74, 6) is -1.99. The lowest BCUT2D eigenvalue weighted by Crippen LogP contribution is -2.50. The van der Waals surface area contributed by atoms with E-state index in [2.05, 4.69) is 9.99 Å². The van der Waals surface area contributed by atoms with Crippen molar-refractivity contribution in [2.24, 2.45) is 5.16 Å². The fourth-order valence-electron chi connectivity index (χ4n) is 1.68. The maximum atomic E-state index is 13.0. The van der Waals surface area contributed by atoms with Crippen molar-refractivity contribution in [2.75, 3.05) is 0 Å². The third-order valence-corrected chi connectivity index (χ3v) is 3.00. The van der Waals surface area contributed by atoms with E-state index in [-0.39, 0.29) is 5.56 Å². The number of hydrogen-bond donors (Lipinski definition) is 0. The highest BCUT2D eigenvalue weighted by molar-refractivity contribution is 6.65. The Morgan fingerprint density at radius 2 is 1.80 bits per heavy atom. The zero-order valence-electron chi connectivity index (χ0n) is 9.47. The maximum absolute atomic E-state index is 13.0. The van der Waals surface area contributed by atoms with Crippen LogP contribution in [0, 0.1) is 11.6 Å². The molecule has 0 spiro atoms. The third-order valence-electron chi connectivity index (χ3n) is 2.70. The summed E-state index contributed by atoms with van der Waals surface area (Å²) < 4.78 is 64.6. The smallest absolute Gasteiger partial charge is 0.369 e. The minimum Gasteiger partial charge on any atom is -0.369 e. The number of nitrogens with zero attached hydrogens (tertiary/aromatic N) is 1. The van der Waals surface area contributed by atoms with Crippen LogP contribution in [0.2, 0.25) is 0 Å². The van der Waals surface area contributed by atoms with Crippen LogP contribution in [0.4, 0.5) is 22.0 Å². The van der Waals surface area contributed by atoms with Gasteiger partial charge in [-0.15, -0.1) is 0 Å². The van der Waals surface area contributed by atoms with Crippen LogP contribution in [0.15, 0.2) is 23.4 Å². The minimum absolute atomic E-state index is 0.258. The lowest BCUT2D eigenvalue weighted by Gasteiger charge is -2.24. The monoisotopic (exact) mass is 313 g/mol. The van der Waals surface area contributed by atoms with Gasteiger partial charge in [0.05, 0.1) is 12.1 Å². The molecule has 20 heavy (non-hydrogen) atoms. The average molecular weight is 314 g/mol. The van der Waals surface area contributed by atoms with Crippen LogP contribution in [0.1, 0.15) is 12.0 Å². The molecule has 1 aliphatic rings. The number of oxime groups is 1. The molecule has 1 atom stereocenters. The molecule has 2 rings (SSSR count). The van der Waals surface area contributed by atoms with E-state index in [0.717, 1.165) is 12.1 Å². The van der Waals surface area contributed by atoms with E-state index in [1.165, 1.54) is 0 Å². The van der Waals surface area contributed by atoms with Gasteiger partial charge in [0.2, 0.25) is 0 Å². The molecule has 1 aromatic rings. The second-order valence-corrected chi connectivity index (χ2v) is 4.41. The van der Waals surface area contributed by atoms with Gasteiger partial charge in [0.15, 0.2) is 0 Å². The Labute approximate surface area is 114 Å². The Kier molecular flexibility index (Phi) is 3.45. The number of carbonyl (C=O) groups is 1. The lowest BCUT2D eigenvalue weighted by atomic mass is 9.94. The number of rotatable bonds is 2. The summed E-state index contributed by atoms with van der Waals surface area (Å²) in [7, 11) is 0. The van der Waals surface area contributed by atoms with Crippen LogP contribution >= 0.6 is 11.6 Å². The largest absolute Gasteiger partial charge is 0.440 e. The summed E-state index contributed by atoms with van der Waals surface area (Å²) in [5, 5.41) is 1.28. The Morgan fingerprint density at radius 3 is 2.20 bits per heavy atom. The minimum atomic E-state index is -5.11. The molecule has 1 heterocycles. The fourth-order valence-corrected chi connectivity index (χ4v) is 1.89. The molecule has 0 aliphatic carbocycles. The normalized spacial score (nSPS) is 22.4. The van der Waals surface area contributed by atoms with Crippen LogP contribution in [0.25, 0.3) is 0 Å². The molecule has 3 nitrogen and oxygen atoms in total. The highest BCUT2D eigenvalue weighted by atomic mass is 35.5. The van der Waals surface area contributed by atoms with E-state index in [1.54, 1.807) is 0 Å². The first kappa shape index (κ1) is 14.7. The van der Waals surface area contributed by atoms with Crippen LogP contribution in [-0.4, -0.2) is 22.7 Å². The predicted molar refractivity (Wildman–Crippen MR) is 58.2 cm³/mol. The van der Waals surface area contributed by atoms with Crippen molar-refractivity contribution in [3.8, 4) is 0 Å². The SMILES string of the molecule is O=C(Cl)C1(C(F)(F)F)CC(c2cc(F)cc(F)c2)=NO1. The van der Waals surface area contributed by atoms with Crippen LogP contribution in [0.5, 0.6) is 0 Å². The summed E-state index contributed by atoms with van der Waals surface area (Å²) in [6, 6.07) is 2.09. The topological polar surface area (TPSA) is 38.7 Å². The molecule has 0 saturated heterocycles. The van der Waals surface area contributed by atoms with Crippen molar-refractivity contribution >= 4 is 22.6 Å². The molecule has 9 heteroatoms. The van der Waals surface area contributed by atoms with E-state index in [1.807, 2.05) is 0 Å². The Balaban J connectivity index is 2.38. The molecule has 1 aliphatic heterocycles. The quantitative estimate of drug-likeness (QED) is 0.621. The summed E-state index contributed by atoms with van der Waals surface area (Å²) >= 11 is 4.94. The van der Waals surface area contributed by atoms with Crippen molar-refractivity contribution in [1.82, 2.24) is 0 Å². The Bertz CT molecular complexity index is 581. The zero-order valence-corrected chi connectivity index (χ0v) is 10.2. The number of alkyl halides is 3. The summed E-state index contributed by atoms with van der Waals surface area (Å²) in [6.45, 7) is 0. The number of hydrogen-bond acceptors (Lipinski definition) is 3. The molecule has 0 amide bonds. The predicted octanol–water partition coefficient (Wildman–Crippen LogP) is 3.16. The first-order chi connectivity index (χ1) is 9.15. The molecule has 0 saturated carbocycles. The summed E-state index contributed by atoms with van der Waals surface area (Å²) in [5.41, 5.74) is -4.01. The second-order valence-electron chi connectivity index (χ2n) is 4.06. The molecular formula is C11H5ClF5NO2. The van der Waals surface area contributed by atoms with Crippen molar-refractivity contribution in [3.05, 3.63) is 35.4 Å². The lowest BCUT2D eigenvalue weighted by molar-refractivity contribution is -0.254. The van der Waals surface area contributed by atoms with E-state index >= 15 is 0 Å². The van der Waals surface area contributed by atoms with Crippen LogP contribution in [-0.2, 0) is 9.63 Å². The van der Waals surface area contributed by atoms with E-state index in [9.17, 15) is 26.7 Å². The number of carbonyl (C=O) groups excluding carboxylic acids is 1. The first-order valence-electron chi connectivity index (χ1n) is 5.14. The average Bonchev–Trinajstić information content (AvgIpc) is 2.72. The molecule has 108 valence electrons. The number of benzene rings is 1. The standard InChI is InChI=1S/C11H5ClF5NO2/c12-9(19)10(11(15,16)17)4-8(18-20-10)5-1-6(13)3-7(14)2-5/h1-3H,4H2. The molecule has 1 unspecified atom stereocenters.